The number of fused-ring (bicyclic) bond motifs is 1. The minimum absolute atomic E-state index is 0.00719. The molecule has 0 unspecified atom stereocenters. The Morgan fingerprint density at radius 2 is 1.85 bits per heavy atom. The maximum absolute atomic E-state index is 14.2. The molecule has 5 rings (SSSR count). The number of rotatable bonds is 5. The molecule has 1 amide bonds. The molecule has 1 aromatic carbocycles. The normalized spacial score (nSPS) is 14.0. The van der Waals surface area contributed by atoms with Gasteiger partial charge in [-0.05, 0) is 31.0 Å². The Labute approximate surface area is 190 Å². The van der Waals surface area contributed by atoms with E-state index in [2.05, 4.69) is 30.6 Å². The Bertz CT molecular complexity index is 1460. The molecule has 1 saturated carbocycles. The lowest BCUT2D eigenvalue weighted by atomic mass is 10.1. The number of hydrogen-bond acceptors (Lipinski definition) is 9. The summed E-state index contributed by atoms with van der Waals surface area (Å²) in [5, 5.41) is 24.4. The smallest absolute Gasteiger partial charge is 0.245 e. The van der Waals surface area contributed by atoms with Gasteiger partial charge in [0.15, 0.2) is 23.1 Å². The van der Waals surface area contributed by atoms with Crippen molar-refractivity contribution in [1.29, 1.82) is 5.26 Å². The molecule has 1 aliphatic carbocycles. The summed E-state index contributed by atoms with van der Waals surface area (Å²) in [4.78, 5) is 20.8. The minimum atomic E-state index is -1.09. The first kappa shape index (κ1) is 21.1. The molecule has 1 fully saturated rings. The third-order valence-corrected chi connectivity index (χ3v) is 5.61. The molecule has 5 N–H and O–H groups in total. The molecule has 0 bridgehead atoms. The van der Waals surface area contributed by atoms with Gasteiger partial charge in [-0.3, -0.25) is 4.79 Å². The number of carbonyl (C=O) groups excluding carboxylic acids is 1. The van der Waals surface area contributed by atoms with Crippen molar-refractivity contribution in [2.24, 2.45) is 5.41 Å². The van der Waals surface area contributed by atoms with Crippen LogP contribution in [0.4, 0.5) is 26.1 Å². The van der Waals surface area contributed by atoms with Gasteiger partial charge in [0.25, 0.3) is 0 Å². The Kier molecular flexibility index (Phi) is 4.78. The highest BCUT2D eigenvalue weighted by molar-refractivity contribution is 6.03. The van der Waals surface area contributed by atoms with Crippen molar-refractivity contribution in [3.63, 3.8) is 0 Å². The van der Waals surface area contributed by atoms with Crippen molar-refractivity contribution in [3.8, 4) is 17.6 Å². The largest absolute Gasteiger partial charge is 0.382 e. The average Bonchev–Trinajstić information content (AvgIpc) is 3.54. The van der Waals surface area contributed by atoms with E-state index in [-0.39, 0.29) is 46.6 Å². The zero-order chi connectivity index (χ0) is 24.0. The van der Waals surface area contributed by atoms with E-state index in [0.717, 1.165) is 12.1 Å². The average molecular weight is 462 g/mol. The van der Waals surface area contributed by atoms with Crippen LogP contribution in [0.5, 0.6) is 0 Å². The van der Waals surface area contributed by atoms with Crippen LogP contribution in [0.25, 0.3) is 22.6 Å². The Hall–Kier alpha value is -4.73. The van der Waals surface area contributed by atoms with Crippen LogP contribution < -0.4 is 16.8 Å². The summed E-state index contributed by atoms with van der Waals surface area (Å²) in [6.45, 7) is -0.261. The summed E-state index contributed by atoms with van der Waals surface area (Å²) in [6, 6.07) is 7.13. The van der Waals surface area contributed by atoms with Crippen LogP contribution in [-0.2, 0) is 11.3 Å². The van der Waals surface area contributed by atoms with Crippen molar-refractivity contribution in [3.05, 3.63) is 47.7 Å². The number of carbonyl (C=O) groups is 1. The number of nitrogen functional groups attached to an aromatic ring is 2. The van der Waals surface area contributed by atoms with Gasteiger partial charge in [-0.15, -0.1) is 5.10 Å². The summed E-state index contributed by atoms with van der Waals surface area (Å²) in [5.41, 5.74) is 11.2. The summed E-state index contributed by atoms with van der Waals surface area (Å²) in [7, 11) is 0. The minimum Gasteiger partial charge on any atom is -0.382 e. The molecule has 0 saturated heterocycles. The molecular formula is C21H16F2N10O. The van der Waals surface area contributed by atoms with Gasteiger partial charge in [-0.25, -0.2) is 23.4 Å². The number of aromatic nitrogens is 6. The Balaban J connectivity index is 1.55. The molecule has 13 heteroatoms. The summed E-state index contributed by atoms with van der Waals surface area (Å²) in [5.74, 6) is -2.24. The van der Waals surface area contributed by atoms with Crippen molar-refractivity contribution in [2.75, 3.05) is 16.8 Å². The second-order valence-corrected chi connectivity index (χ2v) is 7.82. The third kappa shape index (κ3) is 3.41. The van der Waals surface area contributed by atoms with E-state index in [1.807, 2.05) is 6.07 Å². The van der Waals surface area contributed by atoms with Crippen LogP contribution in [0.2, 0.25) is 0 Å². The first-order valence-electron chi connectivity index (χ1n) is 10.1. The van der Waals surface area contributed by atoms with Gasteiger partial charge in [0.2, 0.25) is 5.91 Å². The zero-order valence-electron chi connectivity index (χ0n) is 17.5. The van der Waals surface area contributed by atoms with Crippen LogP contribution >= 0.6 is 0 Å². The fourth-order valence-corrected chi connectivity index (χ4v) is 3.51. The van der Waals surface area contributed by atoms with Gasteiger partial charge >= 0.3 is 0 Å². The topological polar surface area (TPSA) is 174 Å². The Morgan fingerprint density at radius 3 is 2.47 bits per heavy atom. The number of amides is 1. The van der Waals surface area contributed by atoms with E-state index in [0.29, 0.717) is 18.2 Å². The second kappa shape index (κ2) is 7.69. The van der Waals surface area contributed by atoms with Gasteiger partial charge in [-0.2, -0.15) is 15.5 Å². The van der Waals surface area contributed by atoms with E-state index in [1.165, 1.54) is 16.9 Å². The lowest BCUT2D eigenvalue weighted by Crippen LogP contribution is -2.24. The lowest BCUT2D eigenvalue weighted by Gasteiger charge is -2.12. The van der Waals surface area contributed by atoms with Crippen LogP contribution in [0.1, 0.15) is 18.4 Å². The van der Waals surface area contributed by atoms with Crippen LogP contribution in [0.15, 0.2) is 30.5 Å². The molecule has 1 aliphatic rings. The van der Waals surface area contributed by atoms with Crippen molar-refractivity contribution >= 4 is 34.3 Å². The number of benzene rings is 1. The monoisotopic (exact) mass is 462 g/mol. The molecule has 0 aliphatic heterocycles. The van der Waals surface area contributed by atoms with Crippen molar-refractivity contribution in [2.45, 2.75) is 19.4 Å². The van der Waals surface area contributed by atoms with Gasteiger partial charge in [0, 0.05) is 5.56 Å². The molecule has 4 aromatic rings. The summed E-state index contributed by atoms with van der Waals surface area (Å²) < 4.78 is 29.7. The highest BCUT2D eigenvalue weighted by atomic mass is 19.1. The van der Waals surface area contributed by atoms with Gasteiger partial charge in [-0.1, -0.05) is 6.07 Å². The highest BCUT2D eigenvalue weighted by Gasteiger charge is 2.51. The van der Waals surface area contributed by atoms with Crippen LogP contribution in [0.3, 0.4) is 0 Å². The fourth-order valence-electron chi connectivity index (χ4n) is 3.51. The molecule has 0 atom stereocenters. The standard InChI is InChI=1S/C21H16F2N10O/c22-12-2-1-3-13(23)11(12)8-33-19-10(4-7-27-31-19)14(32-33)18-29-16(25)15(17(26)30-18)28-20(34)21(9-24)5-6-21/h1-4,7H,5-6,8H2,(H,28,34)(H4,25,26,29,30). The predicted octanol–water partition coefficient (Wildman–Crippen LogP) is 2.02. The van der Waals surface area contributed by atoms with Gasteiger partial charge in [0.05, 0.1) is 24.2 Å². The molecule has 3 heterocycles. The molecule has 0 radical (unpaired) electrons. The maximum Gasteiger partial charge on any atom is 0.245 e. The van der Waals surface area contributed by atoms with Gasteiger partial charge in [0.1, 0.15) is 28.4 Å². The second-order valence-electron chi connectivity index (χ2n) is 7.82. The first-order chi connectivity index (χ1) is 16.3. The van der Waals surface area contributed by atoms with E-state index in [9.17, 15) is 18.8 Å². The number of nitrogens with one attached hydrogen (secondary N) is 1. The number of halogens is 2. The number of nitriles is 1. The van der Waals surface area contributed by atoms with E-state index < -0.39 is 23.0 Å². The quantitative estimate of drug-likeness (QED) is 0.401. The summed E-state index contributed by atoms with van der Waals surface area (Å²) >= 11 is 0. The Morgan fingerprint density at radius 1 is 1.18 bits per heavy atom. The van der Waals surface area contributed by atoms with E-state index in [4.69, 9.17) is 11.5 Å². The number of nitrogens with zero attached hydrogens (tertiary/aromatic N) is 7. The number of nitrogens with two attached hydrogens (primary N) is 2. The zero-order valence-corrected chi connectivity index (χ0v) is 17.5. The van der Waals surface area contributed by atoms with E-state index in [1.54, 1.807) is 6.07 Å². The molecule has 170 valence electrons. The number of anilines is 3. The van der Waals surface area contributed by atoms with Gasteiger partial charge < -0.3 is 16.8 Å². The molecule has 3 aromatic heterocycles. The van der Waals surface area contributed by atoms with E-state index >= 15 is 0 Å². The maximum atomic E-state index is 14.2. The molecule has 0 spiro atoms. The number of hydrogen-bond donors (Lipinski definition) is 3. The molecule has 11 nitrogen and oxygen atoms in total. The molecule has 34 heavy (non-hydrogen) atoms. The first-order valence-corrected chi connectivity index (χ1v) is 10.1. The fraction of sp³-hybridized carbons (Fsp3) is 0.190. The van der Waals surface area contributed by atoms with Crippen LogP contribution in [0, 0.1) is 28.4 Å². The lowest BCUT2D eigenvalue weighted by molar-refractivity contribution is -0.119. The van der Waals surface area contributed by atoms with Crippen LogP contribution in [-0.4, -0.2) is 35.9 Å². The highest BCUT2D eigenvalue weighted by Crippen LogP contribution is 2.46. The summed E-state index contributed by atoms with van der Waals surface area (Å²) in [6.07, 6.45) is 2.31. The molecular weight excluding hydrogens is 446 g/mol. The van der Waals surface area contributed by atoms with Crippen molar-refractivity contribution in [1.82, 2.24) is 29.9 Å². The predicted molar refractivity (Wildman–Crippen MR) is 117 cm³/mol. The third-order valence-electron chi connectivity index (χ3n) is 5.61. The SMILES string of the molecule is N#CC1(C(=O)Nc2c(N)nc(-c3nn(Cc4c(F)cccc4F)c4nnccc34)nc2N)CC1. The van der Waals surface area contributed by atoms with Crippen molar-refractivity contribution < 1.29 is 13.6 Å².